The predicted octanol–water partition coefficient (Wildman–Crippen LogP) is 3.38. The Morgan fingerprint density at radius 3 is 2.85 bits per heavy atom. The molecule has 1 aromatic carbocycles. The van der Waals surface area contributed by atoms with Gasteiger partial charge in [0, 0.05) is 6.04 Å². The Hall–Kier alpha value is -0.860. The molecule has 0 amide bonds. The number of hydrazine groups is 1. The van der Waals surface area contributed by atoms with E-state index in [1.54, 1.807) is 11.1 Å². The van der Waals surface area contributed by atoms with Gasteiger partial charge in [0.05, 0.1) is 0 Å². The van der Waals surface area contributed by atoms with Crippen molar-refractivity contribution in [3.8, 4) is 0 Å². The maximum Gasteiger partial charge on any atom is 0.0279 e. The van der Waals surface area contributed by atoms with E-state index in [0.29, 0.717) is 6.04 Å². The van der Waals surface area contributed by atoms with Crippen LogP contribution in [0.1, 0.15) is 55.7 Å². The molecule has 3 N–H and O–H groups in total. The molecular weight excluding hydrogens is 244 g/mol. The number of aryl methyl sites for hydroxylation is 2. The van der Waals surface area contributed by atoms with Gasteiger partial charge in [-0.2, -0.15) is 0 Å². The molecule has 0 radical (unpaired) electrons. The zero-order chi connectivity index (χ0) is 13.9. The van der Waals surface area contributed by atoms with Crippen molar-refractivity contribution in [2.75, 3.05) is 0 Å². The first-order valence-electron chi connectivity index (χ1n) is 8.33. The molecule has 0 saturated heterocycles. The van der Waals surface area contributed by atoms with Crippen molar-refractivity contribution in [2.24, 2.45) is 17.7 Å². The van der Waals surface area contributed by atoms with Crippen LogP contribution in [-0.4, -0.2) is 6.04 Å². The normalized spacial score (nSPS) is 27.3. The van der Waals surface area contributed by atoms with Crippen LogP contribution in [0.3, 0.4) is 0 Å². The molecule has 2 aliphatic rings. The second-order valence-corrected chi connectivity index (χ2v) is 6.97. The number of benzene rings is 1. The van der Waals surface area contributed by atoms with Gasteiger partial charge in [-0.15, -0.1) is 0 Å². The molecule has 3 unspecified atom stereocenters. The number of rotatable bonds is 4. The van der Waals surface area contributed by atoms with E-state index in [-0.39, 0.29) is 0 Å². The third kappa shape index (κ3) is 3.07. The fraction of sp³-hybridized carbons (Fsp3) is 0.667. The zero-order valence-electron chi connectivity index (χ0n) is 12.7. The van der Waals surface area contributed by atoms with Gasteiger partial charge in [0.25, 0.3) is 0 Å². The van der Waals surface area contributed by atoms with Gasteiger partial charge in [0.2, 0.25) is 0 Å². The average Bonchev–Trinajstić information content (AvgIpc) is 2.92. The van der Waals surface area contributed by atoms with Crippen molar-refractivity contribution in [1.29, 1.82) is 0 Å². The molecule has 2 nitrogen and oxygen atoms in total. The molecule has 0 aliphatic heterocycles. The lowest BCUT2D eigenvalue weighted by Crippen LogP contribution is -2.44. The molecule has 2 heteroatoms. The van der Waals surface area contributed by atoms with Crippen molar-refractivity contribution in [1.82, 2.24) is 5.43 Å². The van der Waals surface area contributed by atoms with Gasteiger partial charge in [-0.3, -0.25) is 11.3 Å². The van der Waals surface area contributed by atoms with Gasteiger partial charge in [0.1, 0.15) is 0 Å². The van der Waals surface area contributed by atoms with Crippen LogP contribution in [-0.2, 0) is 19.3 Å². The first-order chi connectivity index (χ1) is 9.76. The Kier molecular flexibility index (Phi) is 4.42. The first kappa shape index (κ1) is 14.1. The largest absolute Gasteiger partial charge is 0.271 e. The number of nitrogens with one attached hydrogen (secondary N) is 1. The van der Waals surface area contributed by atoms with Crippen molar-refractivity contribution in [2.45, 2.75) is 64.3 Å². The summed E-state index contributed by atoms with van der Waals surface area (Å²) in [5.74, 6) is 7.47. The van der Waals surface area contributed by atoms with Crippen LogP contribution < -0.4 is 11.3 Å². The van der Waals surface area contributed by atoms with Crippen molar-refractivity contribution in [3.05, 3.63) is 34.9 Å². The molecule has 1 aromatic rings. The van der Waals surface area contributed by atoms with Gasteiger partial charge >= 0.3 is 0 Å². The van der Waals surface area contributed by atoms with Crippen molar-refractivity contribution >= 4 is 0 Å². The molecule has 110 valence electrons. The summed E-state index contributed by atoms with van der Waals surface area (Å²) in [5, 5.41) is 0. The van der Waals surface area contributed by atoms with E-state index in [1.807, 2.05) is 0 Å². The van der Waals surface area contributed by atoms with Crippen LogP contribution in [0.2, 0.25) is 0 Å². The van der Waals surface area contributed by atoms with Gasteiger partial charge in [-0.25, -0.2) is 0 Å². The van der Waals surface area contributed by atoms with E-state index in [0.717, 1.165) is 18.3 Å². The Balaban J connectivity index is 1.68. The zero-order valence-corrected chi connectivity index (χ0v) is 12.7. The Morgan fingerprint density at radius 2 is 2.05 bits per heavy atom. The second kappa shape index (κ2) is 6.28. The third-order valence-electron chi connectivity index (χ3n) is 5.38. The Morgan fingerprint density at radius 1 is 1.20 bits per heavy atom. The van der Waals surface area contributed by atoms with Crippen molar-refractivity contribution in [3.63, 3.8) is 0 Å². The third-order valence-corrected chi connectivity index (χ3v) is 5.38. The van der Waals surface area contributed by atoms with Crippen LogP contribution in [0.5, 0.6) is 0 Å². The minimum atomic E-state index is 0.442. The summed E-state index contributed by atoms with van der Waals surface area (Å²) in [4.78, 5) is 0. The number of fused-ring (bicyclic) bond motifs is 1. The first-order valence-corrected chi connectivity index (χ1v) is 8.33. The van der Waals surface area contributed by atoms with E-state index in [4.69, 9.17) is 5.84 Å². The summed E-state index contributed by atoms with van der Waals surface area (Å²) in [6.45, 7) is 2.38. The summed E-state index contributed by atoms with van der Waals surface area (Å²) >= 11 is 0. The molecule has 3 rings (SSSR count). The fourth-order valence-electron chi connectivity index (χ4n) is 4.21. The lowest BCUT2D eigenvalue weighted by Gasteiger charge is -2.33. The highest BCUT2D eigenvalue weighted by molar-refractivity contribution is 5.35. The fourth-order valence-corrected chi connectivity index (χ4v) is 4.21. The molecule has 1 fully saturated rings. The van der Waals surface area contributed by atoms with Gasteiger partial charge in [0.15, 0.2) is 0 Å². The van der Waals surface area contributed by atoms with E-state index < -0.39 is 0 Å². The summed E-state index contributed by atoms with van der Waals surface area (Å²) in [6, 6.07) is 7.53. The number of hydrogen-bond acceptors (Lipinski definition) is 2. The molecule has 0 aromatic heterocycles. The standard InChI is InChI=1S/C18H28N2/c1-13-4-2-7-17(10-13)18(20-19)12-14-8-9-15-5-3-6-16(15)11-14/h8-9,11,13,17-18,20H,2-7,10,12,19H2,1H3. The van der Waals surface area contributed by atoms with Crippen LogP contribution in [0, 0.1) is 11.8 Å². The lowest BCUT2D eigenvalue weighted by molar-refractivity contribution is 0.222. The minimum Gasteiger partial charge on any atom is -0.271 e. The smallest absolute Gasteiger partial charge is 0.0279 e. The van der Waals surface area contributed by atoms with Crippen LogP contribution in [0.15, 0.2) is 18.2 Å². The SMILES string of the molecule is CC1CCCC(C(Cc2ccc3c(c2)CCC3)NN)C1. The predicted molar refractivity (Wildman–Crippen MR) is 84.4 cm³/mol. The summed E-state index contributed by atoms with van der Waals surface area (Å²) in [7, 11) is 0. The quantitative estimate of drug-likeness (QED) is 0.651. The van der Waals surface area contributed by atoms with E-state index in [1.165, 1.54) is 50.5 Å². The summed E-state index contributed by atoms with van der Waals surface area (Å²) in [5.41, 5.74) is 7.72. The monoisotopic (exact) mass is 272 g/mol. The minimum absolute atomic E-state index is 0.442. The van der Waals surface area contributed by atoms with Crippen LogP contribution >= 0.6 is 0 Å². The molecule has 20 heavy (non-hydrogen) atoms. The lowest BCUT2D eigenvalue weighted by atomic mass is 9.77. The van der Waals surface area contributed by atoms with Gasteiger partial charge < -0.3 is 0 Å². The molecule has 1 saturated carbocycles. The average molecular weight is 272 g/mol. The van der Waals surface area contributed by atoms with Gasteiger partial charge in [-0.1, -0.05) is 38.0 Å². The maximum atomic E-state index is 5.86. The van der Waals surface area contributed by atoms with E-state index in [2.05, 4.69) is 30.5 Å². The van der Waals surface area contributed by atoms with E-state index >= 15 is 0 Å². The Bertz CT molecular complexity index is 455. The van der Waals surface area contributed by atoms with Gasteiger partial charge in [-0.05, 0) is 67.1 Å². The van der Waals surface area contributed by atoms with Crippen LogP contribution in [0.4, 0.5) is 0 Å². The molecule has 0 bridgehead atoms. The highest BCUT2D eigenvalue weighted by Crippen LogP contribution is 2.32. The molecule has 3 atom stereocenters. The second-order valence-electron chi connectivity index (χ2n) is 6.97. The highest BCUT2D eigenvalue weighted by Gasteiger charge is 2.26. The molecule has 0 spiro atoms. The molecular formula is C18H28N2. The number of nitrogens with two attached hydrogens (primary N) is 1. The Labute approximate surface area is 123 Å². The van der Waals surface area contributed by atoms with Crippen molar-refractivity contribution < 1.29 is 0 Å². The number of hydrogen-bond donors (Lipinski definition) is 2. The highest BCUT2D eigenvalue weighted by atomic mass is 15.2. The topological polar surface area (TPSA) is 38.0 Å². The summed E-state index contributed by atoms with van der Waals surface area (Å²) in [6.07, 6.45) is 10.4. The molecule has 2 aliphatic carbocycles. The maximum absolute atomic E-state index is 5.86. The van der Waals surface area contributed by atoms with E-state index in [9.17, 15) is 0 Å². The van der Waals surface area contributed by atoms with Crippen LogP contribution in [0.25, 0.3) is 0 Å². The molecule has 0 heterocycles. The summed E-state index contributed by atoms with van der Waals surface area (Å²) < 4.78 is 0.